The lowest BCUT2D eigenvalue weighted by Crippen LogP contribution is -2.28. The number of aromatic nitrogens is 3. The number of amides is 1. The number of carbonyl (C=O) groups is 2. The summed E-state index contributed by atoms with van der Waals surface area (Å²) in [5.74, 6) is -0.541. The number of benzene rings is 2. The largest absolute Gasteiger partial charge is 0.496 e. The van der Waals surface area contributed by atoms with Crippen LogP contribution in [0.15, 0.2) is 48.7 Å². The number of nitrogens with one attached hydrogen (secondary N) is 3. The van der Waals surface area contributed by atoms with Gasteiger partial charge in [0.1, 0.15) is 5.75 Å². The van der Waals surface area contributed by atoms with Gasteiger partial charge >= 0.3 is 5.97 Å². The molecule has 13 heteroatoms. The molecule has 0 spiro atoms. The molecule has 0 radical (unpaired) electrons. The van der Waals surface area contributed by atoms with Crippen LogP contribution in [0.25, 0.3) is 22.4 Å². The number of nitrogens with zero attached hydrogens (tertiary/aromatic N) is 3. The van der Waals surface area contributed by atoms with Gasteiger partial charge in [-0.25, -0.2) is 4.98 Å². The first-order chi connectivity index (χ1) is 21.2. The molecule has 0 saturated heterocycles. The number of fused-ring (bicyclic) bond motifs is 1. The van der Waals surface area contributed by atoms with Gasteiger partial charge in [-0.1, -0.05) is 47.5 Å². The van der Waals surface area contributed by atoms with E-state index < -0.39 is 12.1 Å². The molecular formula is C31H32Cl2N6O5. The van der Waals surface area contributed by atoms with Gasteiger partial charge in [0.15, 0.2) is 5.82 Å². The van der Waals surface area contributed by atoms with E-state index in [0.717, 1.165) is 29.9 Å². The van der Waals surface area contributed by atoms with Crippen molar-refractivity contribution in [3.8, 4) is 28.1 Å². The quantitative estimate of drug-likeness (QED) is 0.162. The van der Waals surface area contributed by atoms with Crippen molar-refractivity contribution in [2.75, 3.05) is 25.5 Å². The number of pyridine rings is 1. The number of aliphatic hydroxyl groups excluding tert-OH is 1. The molecule has 3 heterocycles. The fourth-order valence-corrected chi connectivity index (χ4v) is 5.81. The number of carbonyl (C=O) groups excluding carboxylic acids is 1. The van der Waals surface area contributed by atoms with Gasteiger partial charge in [-0.15, -0.1) is 0 Å². The standard InChI is InChI=1S/C31H32Cl2N6O5/c1-39-24-9-10-34-16-23(24)37-30(39)31(43)38-22-5-3-4-20(27(22)32)21-8-11-36-29(28(21)33)17-6-7-18(25(12-17)44-2)14-35-15-19(40)13-26(41)42/h3-8,11-12,19,34-35,40H,9-10,13-16H2,1-2H3,(H,38,43)(H,41,42). The zero-order chi connectivity index (χ0) is 31.4. The van der Waals surface area contributed by atoms with Crippen LogP contribution in [0, 0.1) is 0 Å². The zero-order valence-corrected chi connectivity index (χ0v) is 25.7. The van der Waals surface area contributed by atoms with Gasteiger partial charge in [0, 0.05) is 73.8 Å². The summed E-state index contributed by atoms with van der Waals surface area (Å²) in [5, 5.41) is 28.5. The molecule has 1 unspecified atom stereocenters. The first-order valence-corrected chi connectivity index (χ1v) is 14.7. The number of ether oxygens (including phenoxy) is 1. The normalized spacial score (nSPS) is 13.3. The minimum Gasteiger partial charge on any atom is -0.496 e. The maximum absolute atomic E-state index is 13.2. The van der Waals surface area contributed by atoms with E-state index in [-0.39, 0.29) is 18.9 Å². The third kappa shape index (κ3) is 6.72. The Hall–Kier alpha value is -4.00. The van der Waals surface area contributed by atoms with Gasteiger partial charge in [-0.05, 0) is 18.2 Å². The molecule has 4 aromatic rings. The molecule has 1 amide bonds. The van der Waals surface area contributed by atoms with E-state index >= 15 is 0 Å². The van der Waals surface area contributed by atoms with Crippen LogP contribution in [0.3, 0.4) is 0 Å². The predicted octanol–water partition coefficient (Wildman–Crippen LogP) is 4.29. The Morgan fingerprint density at radius 1 is 1.16 bits per heavy atom. The van der Waals surface area contributed by atoms with Crippen molar-refractivity contribution >= 4 is 40.8 Å². The number of hydrogen-bond acceptors (Lipinski definition) is 8. The second-order valence-corrected chi connectivity index (χ2v) is 11.1. The Balaban J connectivity index is 1.37. The average molecular weight is 640 g/mol. The van der Waals surface area contributed by atoms with E-state index in [4.69, 9.17) is 33.0 Å². The van der Waals surface area contributed by atoms with E-state index in [9.17, 15) is 14.7 Å². The summed E-state index contributed by atoms with van der Waals surface area (Å²) in [6.07, 6.45) is 1.10. The highest BCUT2D eigenvalue weighted by Gasteiger charge is 2.23. The second kappa shape index (κ2) is 13.7. The Morgan fingerprint density at radius 2 is 1.95 bits per heavy atom. The van der Waals surface area contributed by atoms with Crippen molar-refractivity contribution < 1.29 is 24.5 Å². The molecule has 0 fully saturated rings. The Kier molecular flexibility index (Phi) is 9.82. The average Bonchev–Trinajstić information content (AvgIpc) is 3.35. The van der Waals surface area contributed by atoms with Crippen LogP contribution in [0.1, 0.15) is 34.0 Å². The number of carboxylic acid groups (broad SMARTS) is 1. The van der Waals surface area contributed by atoms with Gasteiger partial charge in [0.2, 0.25) is 0 Å². The number of methoxy groups -OCH3 is 1. The van der Waals surface area contributed by atoms with Crippen molar-refractivity contribution in [1.29, 1.82) is 0 Å². The number of rotatable bonds is 11. The van der Waals surface area contributed by atoms with Crippen LogP contribution >= 0.6 is 23.2 Å². The number of carboxylic acids is 1. The number of imidazole rings is 1. The van der Waals surface area contributed by atoms with Crippen molar-refractivity contribution in [2.24, 2.45) is 7.05 Å². The first kappa shape index (κ1) is 31.4. The molecule has 5 N–H and O–H groups in total. The van der Waals surface area contributed by atoms with E-state index in [1.807, 2.05) is 35.9 Å². The Bertz CT molecular complexity index is 1710. The van der Waals surface area contributed by atoms with Crippen molar-refractivity contribution in [1.82, 2.24) is 25.2 Å². The van der Waals surface area contributed by atoms with Crippen LogP contribution in [0.2, 0.25) is 10.0 Å². The van der Waals surface area contributed by atoms with E-state index in [0.29, 0.717) is 62.8 Å². The molecule has 0 bridgehead atoms. The highest BCUT2D eigenvalue weighted by atomic mass is 35.5. The summed E-state index contributed by atoms with van der Waals surface area (Å²) in [5.41, 5.74) is 5.61. The minimum atomic E-state index is -1.06. The summed E-state index contributed by atoms with van der Waals surface area (Å²) >= 11 is 13.8. The van der Waals surface area contributed by atoms with Crippen molar-refractivity contribution in [2.45, 2.75) is 32.0 Å². The predicted molar refractivity (Wildman–Crippen MR) is 168 cm³/mol. The minimum absolute atomic E-state index is 0.119. The molecule has 11 nitrogen and oxygen atoms in total. The topological polar surface area (TPSA) is 151 Å². The molecule has 0 saturated carbocycles. The molecular weight excluding hydrogens is 607 g/mol. The van der Waals surface area contributed by atoms with Crippen LogP contribution in [-0.4, -0.2) is 62.9 Å². The molecule has 1 atom stereocenters. The lowest BCUT2D eigenvalue weighted by atomic mass is 10.0. The third-order valence-corrected chi connectivity index (χ3v) is 8.21. The van der Waals surface area contributed by atoms with Gasteiger partial charge < -0.3 is 35.5 Å². The van der Waals surface area contributed by atoms with Crippen molar-refractivity contribution in [3.63, 3.8) is 0 Å². The van der Waals surface area contributed by atoms with Crippen LogP contribution < -0.4 is 20.7 Å². The maximum Gasteiger partial charge on any atom is 0.306 e. The highest BCUT2D eigenvalue weighted by molar-refractivity contribution is 6.39. The lowest BCUT2D eigenvalue weighted by molar-refractivity contribution is -0.139. The fraction of sp³-hybridized carbons (Fsp3) is 0.290. The van der Waals surface area contributed by atoms with E-state index in [1.165, 1.54) is 0 Å². The molecule has 44 heavy (non-hydrogen) atoms. The van der Waals surface area contributed by atoms with E-state index in [2.05, 4.69) is 25.9 Å². The Morgan fingerprint density at radius 3 is 2.70 bits per heavy atom. The molecule has 2 aromatic heterocycles. The van der Waals surface area contributed by atoms with Crippen LogP contribution in [-0.2, 0) is 31.4 Å². The number of halogens is 2. The van der Waals surface area contributed by atoms with Gasteiger partial charge in [-0.2, -0.15) is 0 Å². The van der Waals surface area contributed by atoms with Crippen LogP contribution in [0.5, 0.6) is 5.75 Å². The summed E-state index contributed by atoms with van der Waals surface area (Å²) < 4.78 is 7.42. The molecule has 230 valence electrons. The molecule has 2 aromatic carbocycles. The van der Waals surface area contributed by atoms with E-state index in [1.54, 1.807) is 31.5 Å². The summed E-state index contributed by atoms with van der Waals surface area (Å²) in [7, 11) is 3.39. The number of hydrogen-bond donors (Lipinski definition) is 5. The molecule has 1 aliphatic heterocycles. The van der Waals surface area contributed by atoms with Gasteiger partial charge in [0.05, 0.1) is 46.8 Å². The van der Waals surface area contributed by atoms with Gasteiger partial charge in [0.25, 0.3) is 5.91 Å². The van der Waals surface area contributed by atoms with Crippen molar-refractivity contribution in [3.05, 3.63) is 81.5 Å². The molecule has 5 rings (SSSR count). The second-order valence-electron chi connectivity index (χ2n) is 10.4. The third-order valence-electron chi connectivity index (χ3n) is 7.42. The fourth-order valence-electron chi connectivity index (χ4n) is 5.21. The summed E-state index contributed by atoms with van der Waals surface area (Å²) in [6.45, 7) is 1.94. The monoisotopic (exact) mass is 638 g/mol. The number of aliphatic hydroxyl groups is 1. The lowest BCUT2D eigenvalue weighted by Gasteiger charge is -2.16. The number of anilines is 1. The number of aliphatic carboxylic acids is 1. The van der Waals surface area contributed by atoms with Crippen LogP contribution in [0.4, 0.5) is 5.69 Å². The molecule has 0 aliphatic carbocycles. The van der Waals surface area contributed by atoms with Gasteiger partial charge in [-0.3, -0.25) is 14.6 Å². The maximum atomic E-state index is 13.2. The molecule has 1 aliphatic rings. The Labute approximate surface area is 264 Å². The smallest absolute Gasteiger partial charge is 0.306 e. The SMILES string of the molecule is COc1cc(-c2nccc(-c3cccc(NC(=O)c4nc5c(n4C)CCNC5)c3Cl)c2Cl)ccc1CNCC(O)CC(=O)O. The zero-order valence-electron chi connectivity index (χ0n) is 24.2. The summed E-state index contributed by atoms with van der Waals surface area (Å²) in [6, 6.07) is 12.6. The first-order valence-electron chi connectivity index (χ1n) is 14.0. The summed E-state index contributed by atoms with van der Waals surface area (Å²) in [4.78, 5) is 33.1. The highest BCUT2D eigenvalue weighted by Crippen LogP contribution is 2.41.